The Balaban J connectivity index is 1.62. The van der Waals surface area contributed by atoms with Gasteiger partial charge in [0.1, 0.15) is 5.01 Å². The minimum absolute atomic E-state index is 0.0267. The molecule has 2 amide bonds. The molecule has 6 nitrogen and oxygen atoms in total. The zero-order valence-corrected chi connectivity index (χ0v) is 16.3. The van der Waals surface area contributed by atoms with Crippen LogP contribution in [0.15, 0.2) is 48.5 Å². The van der Waals surface area contributed by atoms with Gasteiger partial charge < -0.3 is 10.6 Å². The number of carbonyl (C=O) groups excluding carboxylic acids is 2. The highest BCUT2D eigenvalue weighted by Gasteiger charge is 2.18. The summed E-state index contributed by atoms with van der Waals surface area (Å²) in [7, 11) is 1.91. The Bertz CT molecular complexity index is 936. The molecule has 3 rings (SSSR count). The van der Waals surface area contributed by atoms with Crippen LogP contribution in [0.2, 0.25) is 0 Å². The highest BCUT2D eigenvalue weighted by molar-refractivity contribution is 7.18. The van der Waals surface area contributed by atoms with Crippen LogP contribution in [0.5, 0.6) is 0 Å². The maximum Gasteiger partial charge on any atom is 0.238 e. The van der Waals surface area contributed by atoms with Crippen LogP contribution in [0.1, 0.15) is 24.9 Å². The fraction of sp³-hybridized carbons (Fsp3) is 0.250. The van der Waals surface area contributed by atoms with Gasteiger partial charge in [0.25, 0.3) is 0 Å². The molecule has 1 heterocycles. The quantitative estimate of drug-likeness (QED) is 0.678. The van der Waals surface area contributed by atoms with Crippen molar-refractivity contribution in [2.45, 2.75) is 19.9 Å². The Hall–Kier alpha value is -2.77. The summed E-state index contributed by atoms with van der Waals surface area (Å²) in [5.41, 5.74) is 2.28. The monoisotopic (exact) mass is 382 g/mol. The topological polar surface area (TPSA) is 74.3 Å². The van der Waals surface area contributed by atoms with E-state index < -0.39 is 0 Å². The number of thiazole rings is 1. The number of likely N-dealkylation sites (N-methyl/N-ethyl adjacent to an activating group) is 1. The molecule has 0 aliphatic heterocycles. The fourth-order valence-electron chi connectivity index (χ4n) is 2.70. The normalized spacial score (nSPS) is 12.1. The first-order valence-electron chi connectivity index (χ1n) is 8.65. The van der Waals surface area contributed by atoms with E-state index in [1.807, 2.05) is 37.1 Å². The van der Waals surface area contributed by atoms with Gasteiger partial charge in [-0.1, -0.05) is 18.2 Å². The summed E-state index contributed by atoms with van der Waals surface area (Å²) in [6, 6.07) is 15.1. The van der Waals surface area contributed by atoms with Gasteiger partial charge in [-0.3, -0.25) is 14.5 Å². The summed E-state index contributed by atoms with van der Waals surface area (Å²) in [5.74, 6) is -0.270. The summed E-state index contributed by atoms with van der Waals surface area (Å²) in [5, 5.41) is 6.56. The lowest BCUT2D eigenvalue weighted by molar-refractivity contribution is -0.117. The summed E-state index contributed by atoms with van der Waals surface area (Å²) < 4.78 is 1.15. The van der Waals surface area contributed by atoms with Gasteiger partial charge in [0.05, 0.1) is 22.8 Å². The van der Waals surface area contributed by atoms with Crippen LogP contribution in [0.3, 0.4) is 0 Å². The van der Waals surface area contributed by atoms with Gasteiger partial charge >= 0.3 is 0 Å². The molecular formula is C20H22N4O2S. The van der Waals surface area contributed by atoms with E-state index in [-0.39, 0.29) is 24.4 Å². The lowest BCUT2D eigenvalue weighted by Gasteiger charge is -2.22. The van der Waals surface area contributed by atoms with Crippen molar-refractivity contribution in [1.29, 1.82) is 0 Å². The number of nitrogens with one attached hydrogen (secondary N) is 2. The van der Waals surface area contributed by atoms with Crippen molar-refractivity contribution in [3.63, 3.8) is 0 Å². The standard InChI is InChI=1S/C20H22N4O2S/c1-13(20-23-17-9-4-5-10-18(17)27-20)24(3)12-19(26)22-16-8-6-7-15(11-16)21-14(2)25/h4-11,13H,12H2,1-3H3,(H,21,25)(H,22,26)/t13-/m1/s1. The number of carbonyl (C=O) groups is 2. The van der Waals surface area contributed by atoms with Crippen LogP contribution in [-0.4, -0.2) is 35.3 Å². The van der Waals surface area contributed by atoms with E-state index in [0.717, 1.165) is 15.2 Å². The number of aromatic nitrogens is 1. The Morgan fingerprint density at radius 2 is 1.81 bits per heavy atom. The summed E-state index contributed by atoms with van der Waals surface area (Å²) in [6.45, 7) is 3.73. The van der Waals surface area contributed by atoms with Gasteiger partial charge in [-0.2, -0.15) is 0 Å². The predicted octanol–water partition coefficient (Wildman–Crippen LogP) is 3.89. The molecule has 2 N–H and O–H groups in total. The smallest absolute Gasteiger partial charge is 0.238 e. The number of para-hydroxylation sites is 1. The van der Waals surface area contributed by atoms with Crippen molar-refractivity contribution in [3.05, 3.63) is 53.5 Å². The number of amides is 2. The van der Waals surface area contributed by atoms with Crippen molar-refractivity contribution in [3.8, 4) is 0 Å². The number of fused-ring (bicyclic) bond motifs is 1. The first-order chi connectivity index (χ1) is 12.9. The molecule has 0 saturated heterocycles. The third kappa shape index (κ3) is 4.90. The van der Waals surface area contributed by atoms with Gasteiger partial charge in [-0.05, 0) is 44.3 Å². The maximum atomic E-state index is 12.4. The van der Waals surface area contributed by atoms with Crippen LogP contribution in [0.25, 0.3) is 10.2 Å². The number of hydrogen-bond donors (Lipinski definition) is 2. The fourth-order valence-corrected chi connectivity index (χ4v) is 3.78. The molecule has 0 unspecified atom stereocenters. The van der Waals surface area contributed by atoms with E-state index >= 15 is 0 Å². The molecule has 140 valence electrons. The minimum Gasteiger partial charge on any atom is -0.326 e. The third-order valence-corrected chi connectivity index (χ3v) is 5.40. The minimum atomic E-state index is -0.150. The Kier molecular flexibility index (Phi) is 5.83. The van der Waals surface area contributed by atoms with E-state index in [1.54, 1.807) is 35.6 Å². The summed E-state index contributed by atoms with van der Waals surface area (Å²) >= 11 is 1.65. The molecule has 2 aromatic carbocycles. The average molecular weight is 382 g/mol. The van der Waals surface area contributed by atoms with Crippen LogP contribution in [0, 0.1) is 0 Å². The number of benzene rings is 2. The zero-order valence-electron chi connectivity index (χ0n) is 15.5. The zero-order chi connectivity index (χ0) is 19.4. The van der Waals surface area contributed by atoms with E-state index in [9.17, 15) is 9.59 Å². The summed E-state index contributed by atoms with van der Waals surface area (Å²) in [6.07, 6.45) is 0. The molecular weight excluding hydrogens is 360 g/mol. The second-order valence-electron chi connectivity index (χ2n) is 6.42. The summed E-state index contributed by atoms with van der Waals surface area (Å²) in [4.78, 5) is 30.2. The lowest BCUT2D eigenvalue weighted by Crippen LogP contribution is -2.32. The second-order valence-corrected chi connectivity index (χ2v) is 7.48. The average Bonchev–Trinajstić information content (AvgIpc) is 3.04. The first kappa shape index (κ1) is 19.0. The molecule has 3 aromatic rings. The SMILES string of the molecule is CC(=O)Nc1cccc(NC(=O)CN(C)[C@H](C)c2nc3ccccc3s2)c1. The highest BCUT2D eigenvalue weighted by atomic mass is 32.1. The highest BCUT2D eigenvalue weighted by Crippen LogP contribution is 2.28. The molecule has 27 heavy (non-hydrogen) atoms. The number of nitrogens with zero attached hydrogens (tertiary/aromatic N) is 2. The second kappa shape index (κ2) is 8.28. The lowest BCUT2D eigenvalue weighted by atomic mass is 10.2. The van der Waals surface area contributed by atoms with Crippen molar-refractivity contribution in [2.75, 3.05) is 24.2 Å². The molecule has 1 aromatic heterocycles. The van der Waals surface area contributed by atoms with Gasteiger partial charge in [-0.25, -0.2) is 4.98 Å². The Morgan fingerprint density at radius 1 is 1.11 bits per heavy atom. The largest absolute Gasteiger partial charge is 0.326 e. The van der Waals surface area contributed by atoms with Crippen LogP contribution < -0.4 is 10.6 Å². The van der Waals surface area contributed by atoms with Crippen molar-refractivity contribution in [2.24, 2.45) is 0 Å². The number of rotatable bonds is 6. The van der Waals surface area contributed by atoms with Crippen molar-refractivity contribution < 1.29 is 9.59 Å². The van der Waals surface area contributed by atoms with Gasteiger partial charge in [0.15, 0.2) is 0 Å². The van der Waals surface area contributed by atoms with Crippen LogP contribution >= 0.6 is 11.3 Å². The van der Waals surface area contributed by atoms with Crippen molar-refractivity contribution >= 4 is 44.7 Å². The number of hydrogen-bond acceptors (Lipinski definition) is 5. The van der Waals surface area contributed by atoms with E-state index in [2.05, 4.69) is 21.7 Å². The van der Waals surface area contributed by atoms with Gasteiger partial charge in [0, 0.05) is 18.3 Å². The van der Waals surface area contributed by atoms with Crippen LogP contribution in [0.4, 0.5) is 11.4 Å². The predicted molar refractivity (Wildman–Crippen MR) is 110 cm³/mol. The molecule has 0 saturated carbocycles. The molecule has 0 aliphatic carbocycles. The molecule has 0 fully saturated rings. The molecule has 7 heteroatoms. The number of anilines is 2. The van der Waals surface area contributed by atoms with Crippen LogP contribution in [-0.2, 0) is 9.59 Å². The molecule has 0 bridgehead atoms. The van der Waals surface area contributed by atoms with E-state index in [1.165, 1.54) is 6.92 Å². The molecule has 0 spiro atoms. The van der Waals surface area contributed by atoms with E-state index in [0.29, 0.717) is 11.4 Å². The molecule has 0 radical (unpaired) electrons. The molecule has 0 aliphatic rings. The first-order valence-corrected chi connectivity index (χ1v) is 9.47. The Morgan fingerprint density at radius 3 is 2.52 bits per heavy atom. The Labute approximate surface area is 162 Å². The van der Waals surface area contributed by atoms with Gasteiger partial charge in [-0.15, -0.1) is 11.3 Å². The maximum absolute atomic E-state index is 12.4. The molecule has 1 atom stereocenters. The van der Waals surface area contributed by atoms with Crippen molar-refractivity contribution in [1.82, 2.24) is 9.88 Å². The third-order valence-electron chi connectivity index (χ3n) is 4.19. The van der Waals surface area contributed by atoms with Gasteiger partial charge in [0.2, 0.25) is 11.8 Å². The van der Waals surface area contributed by atoms with E-state index in [4.69, 9.17) is 0 Å².